The standard InChI is InChI=1S/C31H30F3NO5/c1-37-23-10-4-20(5-11-23)31(21-6-12-24(38-2)13-7-21,22-8-14-25(39-3)15-9-22)40-17-16-35-19-26-27(32)18-28(33)30(36)29(26)34/h4-15,18,35-36H,16-17,19H2,1-3H3. The highest BCUT2D eigenvalue weighted by atomic mass is 19.1. The number of benzene rings is 4. The number of rotatable bonds is 12. The summed E-state index contributed by atoms with van der Waals surface area (Å²) in [6.07, 6.45) is 0. The summed E-state index contributed by atoms with van der Waals surface area (Å²) in [5.41, 5.74) is 0.861. The fraction of sp³-hybridized carbons (Fsp3) is 0.226. The van der Waals surface area contributed by atoms with E-state index in [1.165, 1.54) is 0 Å². The monoisotopic (exact) mass is 553 g/mol. The molecule has 0 spiro atoms. The first-order valence-corrected chi connectivity index (χ1v) is 12.5. The Morgan fingerprint density at radius 2 is 1.10 bits per heavy atom. The fourth-order valence-electron chi connectivity index (χ4n) is 4.50. The van der Waals surface area contributed by atoms with Crippen molar-refractivity contribution < 1.29 is 37.2 Å². The van der Waals surface area contributed by atoms with Crippen LogP contribution in [0.1, 0.15) is 22.3 Å². The predicted octanol–water partition coefficient (Wildman–Crippen LogP) is 5.93. The summed E-state index contributed by atoms with van der Waals surface area (Å²) in [5.74, 6) is -2.97. The number of halogens is 3. The van der Waals surface area contributed by atoms with Crippen molar-refractivity contribution in [1.82, 2.24) is 5.32 Å². The Labute approximate surface area is 230 Å². The average Bonchev–Trinajstić information content (AvgIpc) is 2.99. The number of methoxy groups -OCH3 is 3. The molecule has 0 unspecified atom stereocenters. The van der Waals surface area contributed by atoms with Crippen LogP contribution >= 0.6 is 0 Å². The van der Waals surface area contributed by atoms with Gasteiger partial charge in [-0.15, -0.1) is 0 Å². The third-order valence-electron chi connectivity index (χ3n) is 6.63. The smallest absolute Gasteiger partial charge is 0.188 e. The Morgan fingerprint density at radius 1 is 0.675 bits per heavy atom. The Bertz CT molecular complexity index is 1300. The molecule has 0 aromatic heterocycles. The van der Waals surface area contributed by atoms with Crippen LogP contribution in [0.25, 0.3) is 0 Å². The maximum atomic E-state index is 14.2. The van der Waals surface area contributed by atoms with Crippen LogP contribution in [0.4, 0.5) is 13.2 Å². The summed E-state index contributed by atoms with van der Waals surface area (Å²) < 4.78 is 64.6. The van der Waals surface area contributed by atoms with E-state index in [0.717, 1.165) is 16.7 Å². The lowest BCUT2D eigenvalue weighted by atomic mass is 9.80. The van der Waals surface area contributed by atoms with Crippen LogP contribution in [0.2, 0.25) is 0 Å². The van der Waals surface area contributed by atoms with Crippen LogP contribution in [0.15, 0.2) is 78.9 Å². The van der Waals surface area contributed by atoms with Crippen molar-refractivity contribution in [3.05, 3.63) is 119 Å². The summed E-state index contributed by atoms with van der Waals surface area (Å²) in [4.78, 5) is 0. The molecular formula is C31H30F3NO5. The molecule has 0 heterocycles. The van der Waals surface area contributed by atoms with Crippen LogP contribution in [0.3, 0.4) is 0 Å². The number of hydrogen-bond donors (Lipinski definition) is 2. The second-order valence-corrected chi connectivity index (χ2v) is 8.87. The molecule has 2 N–H and O–H groups in total. The van der Waals surface area contributed by atoms with Crippen LogP contribution in [-0.4, -0.2) is 39.6 Å². The van der Waals surface area contributed by atoms with E-state index in [1.807, 2.05) is 72.8 Å². The van der Waals surface area contributed by atoms with Gasteiger partial charge in [-0.2, -0.15) is 0 Å². The largest absolute Gasteiger partial charge is 0.503 e. The topological polar surface area (TPSA) is 69.2 Å². The molecule has 0 aliphatic heterocycles. The molecule has 0 saturated carbocycles. The van der Waals surface area contributed by atoms with Gasteiger partial charge in [-0.25, -0.2) is 13.2 Å². The van der Waals surface area contributed by atoms with E-state index in [2.05, 4.69) is 5.32 Å². The van der Waals surface area contributed by atoms with Gasteiger partial charge in [0.1, 0.15) is 28.7 Å². The van der Waals surface area contributed by atoms with Gasteiger partial charge in [0.2, 0.25) is 0 Å². The summed E-state index contributed by atoms with van der Waals surface area (Å²) >= 11 is 0. The molecule has 0 atom stereocenters. The molecule has 0 radical (unpaired) electrons. The number of aromatic hydroxyl groups is 1. The minimum absolute atomic E-state index is 0.112. The highest BCUT2D eigenvalue weighted by molar-refractivity contribution is 5.50. The second kappa shape index (κ2) is 12.8. The number of phenolic OH excluding ortho intramolecular Hbond substituents is 1. The zero-order chi connectivity index (χ0) is 28.7. The van der Waals surface area contributed by atoms with Gasteiger partial charge in [0.05, 0.1) is 27.9 Å². The quantitative estimate of drug-likeness (QED) is 0.167. The normalized spacial score (nSPS) is 11.3. The van der Waals surface area contributed by atoms with E-state index in [1.54, 1.807) is 21.3 Å². The first-order valence-electron chi connectivity index (χ1n) is 12.5. The lowest BCUT2D eigenvalue weighted by molar-refractivity contribution is 0.0146. The fourth-order valence-corrected chi connectivity index (χ4v) is 4.50. The molecule has 40 heavy (non-hydrogen) atoms. The van der Waals surface area contributed by atoms with E-state index in [9.17, 15) is 18.3 Å². The Balaban J connectivity index is 1.68. The lowest BCUT2D eigenvalue weighted by Crippen LogP contribution is -2.35. The third kappa shape index (κ3) is 5.85. The molecule has 4 aromatic carbocycles. The Kier molecular flexibility index (Phi) is 9.19. The van der Waals surface area contributed by atoms with Crippen molar-refractivity contribution in [2.75, 3.05) is 34.5 Å². The SMILES string of the molecule is COc1ccc(C(OCCNCc2c(F)cc(F)c(O)c2F)(c2ccc(OC)cc2)c2ccc(OC)cc2)cc1. The summed E-state index contributed by atoms with van der Waals surface area (Å²) in [6.45, 7) is 0.0111. The molecule has 0 aliphatic carbocycles. The minimum Gasteiger partial charge on any atom is -0.503 e. The van der Waals surface area contributed by atoms with Crippen molar-refractivity contribution in [1.29, 1.82) is 0 Å². The van der Waals surface area contributed by atoms with Gasteiger partial charge in [-0.05, 0) is 53.1 Å². The molecular weight excluding hydrogens is 523 g/mol. The molecule has 0 bridgehead atoms. The zero-order valence-electron chi connectivity index (χ0n) is 22.3. The number of phenols is 1. The molecule has 210 valence electrons. The third-order valence-corrected chi connectivity index (χ3v) is 6.63. The Hall–Kier alpha value is -4.21. The van der Waals surface area contributed by atoms with Gasteiger partial charge in [0, 0.05) is 24.7 Å². The summed E-state index contributed by atoms with van der Waals surface area (Å²) in [5, 5.41) is 12.4. The van der Waals surface area contributed by atoms with Gasteiger partial charge in [-0.1, -0.05) is 36.4 Å². The maximum Gasteiger partial charge on any atom is 0.188 e. The molecule has 4 rings (SSSR count). The van der Waals surface area contributed by atoms with Crippen molar-refractivity contribution in [3.63, 3.8) is 0 Å². The highest BCUT2D eigenvalue weighted by Crippen LogP contribution is 2.42. The Morgan fingerprint density at radius 3 is 1.50 bits per heavy atom. The zero-order valence-corrected chi connectivity index (χ0v) is 22.3. The van der Waals surface area contributed by atoms with E-state index >= 15 is 0 Å². The van der Waals surface area contributed by atoms with Crippen molar-refractivity contribution in [2.45, 2.75) is 12.1 Å². The molecule has 0 amide bonds. The van der Waals surface area contributed by atoms with Crippen molar-refractivity contribution >= 4 is 0 Å². The average molecular weight is 554 g/mol. The van der Waals surface area contributed by atoms with E-state index in [-0.39, 0.29) is 19.7 Å². The molecule has 0 fully saturated rings. The van der Waals surface area contributed by atoms with Crippen molar-refractivity contribution in [3.8, 4) is 23.0 Å². The van der Waals surface area contributed by atoms with Crippen LogP contribution in [0, 0.1) is 17.5 Å². The molecule has 6 nitrogen and oxygen atoms in total. The molecule has 4 aromatic rings. The van der Waals surface area contributed by atoms with Gasteiger partial charge in [-0.3, -0.25) is 0 Å². The first kappa shape index (κ1) is 28.8. The highest BCUT2D eigenvalue weighted by Gasteiger charge is 2.38. The van der Waals surface area contributed by atoms with Gasteiger partial charge >= 0.3 is 0 Å². The van der Waals surface area contributed by atoms with E-state index < -0.39 is 34.4 Å². The molecule has 0 aliphatic rings. The van der Waals surface area contributed by atoms with Crippen molar-refractivity contribution in [2.24, 2.45) is 0 Å². The van der Waals surface area contributed by atoms with Gasteiger partial charge in [0.25, 0.3) is 0 Å². The van der Waals surface area contributed by atoms with Gasteiger partial charge in [0.15, 0.2) is 17.4 Å². The van der Waals surface area contributed by atoms with Gasteiger partial charge < -0.3 is 29.4 Å². The second-order valence-electron chi connectivity index (χ2n) is 8.87. The number of hydrogen-bond acceptors (Lipinski definition) is 6. The van der Waals surface area contributed by atoms with E-state index in [0.29, 0.717) is 23.3 Å². The maximum absolute atomic E-state index is 14.2. The number of ether oxygens (including phenoxy) is 4. The molecule has 0 saturated heterocycles. The predicted molar refractivity (Wildman–Crippen MR) is 145 cm³/mol. The molecule has 9 heteroatoms. The minimum atomic E-state index is -1.36. The summed E-state index contributed by atoms with van der Waals surface area (Å²) in [6, 6.07) is 22.9. The lowest BCUT2D eigenvalue weighted by Gasteiger charge is -2.36. The summed E-state index contributed by atoms with van der Waals surface area (Å²) in [7, 11) is 4.76. The van der Waals surface area contributed by atoms with Crippen LogP contribution in [0.5, 0.6) is 23.0 Å². The van der Waals surface area contributed by atoms with E-state index in [4.69, 9.17) is 18.9 Å². The number of nitrogens with one attached hydrogen (secondary N) is 1. The first-order chi connectivity index (χ1) is 19.3. The van der Waals surface area contributed by atoms with Crippen LogP contribution in [-0.2, 0) is 16.9 Å². The van der Waals surface area contributed by atoms with Crippen LogP contribution < -0.4 is 19.5 Å².